The molecular weight excluding hydrogens is 192 g/mol. The van der Waals surface area contributed by atoms with Gasteiger partial charge in [0.05, 0.1) is 6.61 Å². The highest BCUT2D eigenvalue weighted by molar-refractivity contribution is 5.75. The Kier molecular flexibility index (Phi) is 8.33. The van der Waals surface area contributed by atoms with Crippen molar-refractivity contribution in [3.63, 3.8) is 0 Å². The number of hydrogen-bond donors (Lipinski definition) is 1. The standard InChI is InChI=1S/C11H24N2O2/c1-5-8-12-10(7-9-13(3)4)11(14)15-6-2/h10,12H,5-9H2,1-4H3. The zero-order chi connectivity index (χ0) is 11.7. The second kappa shape index (κ2) is 8.68. The van der Waals surface area contributed by atoms with Gasteiger partial charge in [-0.25, -0.2) is 0 Å². The van der Waals surface area contributed by atoms with Crippen molar-refractivity contribution in [2.24, 2.45) is 0 Å². The van der Waals surface area contributed by atoms with Crippen LogP contribution in [0.15, 0.2) is 0 Å². The third kappa shape index (κ3) is 7.33. The van der Waals surface area contributed by atoms with E-state index in [-0.39, 0.29) is 12.0 Å². The maximum Gasteiger partial charge on any atom is 0.323 e. The van der Waals surface area contributed by atoms with Crippen LogP contribution in [-0.4, -0.2) is 50.7 Å². The van der Waals surface area contributed by atoms with Gasteiger partial charge < -0.3 is 15.0 Å². The Labute approximate surface area is 93.0 Å². The molecule has 0 spiro atoms. The molecular formula is C11H24N2O2. The van der Waals surface area contributed by atoms with E-state index in [0.717, 1.165) is 25.9 Å². The molecule has 0 aromatic heterocycles. The number of nitrogens with one attached hydrogen (secondary N) is 1. The molecule has 0 aliphatic carbocycles. The van der Waals surface area contributed by atoms with Crippen molar-refractivity contribution in [1.82, 2.24) is 10.2 Å². The lowest BCUT2D eigenvalue weighted by atomic mass is 10.2. The first-order valence-corrected chi connectivity index (χ1v) is 5.66. The average Bonchev–Trinajstić information content (AvgIpc) is 2.17. The first kappa shape index (κ1) is 14.4. The van der Waals surface area contributed by atoms with Gasteiger partial charge in [0, 0.05) is 0 Å². The molecule has 0 saturated heterocycles. The van der Waals surface area contributed by atoms with Crippen LogP contribution >= 0.6 is 0 Å². The van der Waals surface area contributed by atoms with Gasteiger partial charge in [0.1, 0.15) is 6.04 Å². The molecule has 0 amide bonds. The fourth-order valence-corrected chi connectivity index (χ4v) is 1.25. The Bertz CT molecular complexity index is 172. The molecule has 0 rings (SSSR count). The van der Waals surface area contributed by atoms with Crippen LogP contribution in [0.4, 0.5) is 0 Å². The predicted octanol–water partition coefficient (Wildman–Crippen LogP) is 0.869. The van der Waals surface area contributed by atoms with Crippen LogP contribution in [0, 0.1) is 0 Å². The van der Waals surface area contributed by atoms with E-state index in [0.29, 0.717) is 6.61 Å². The topological polar surface area (TPSA) is 41.6 Å². The van der Waals surface area contributed by atoms with Gasteiger partial charge in [-0.05, 0) is 47.0 Å². The summed E-state index contributed by atoms with van der Waals surface area (Å²) < 4.78 is 5.01. The van der Waals surface area contributed by atoms with Crippen LogP contribution in [0.5, 0.6) is 0 Å². The normalized spacial score (nSPS) is 12.9. The first-order valence-electron chi connectivity index (χ1n) is 5.66. The van der Waals surface area contributed by atoms with Crippen LogP contribution in [0.2, 0.25) is 0 Å². The highest BCUT2D eigenvalue weighted by Gasteiger charge is 2.18. The molecule has 0 fully saturated rings. The summed E-state index contributed by atoms with van der Waals surface area (Å²) in [6.07, 6.45) is 1.82. The van der Waals surface area contributed by atoms with Gasteiger partial charge in [-0.2, -0.15) is 0 Å². The lowest BCUT2D eigenvalue weighted by molar-refractivity contribution is -0.145. The van der Waals surface area contributed by atoms with Gasteiger partial charge in [0.15, 0.2) is 0 Å². The summed E-state index contributed by atoms with van der Waals surface area (Å²) in [5.74, 6) is -0.132. The maximum atomic E-state index is 11.6. The molecule has 1 atom stereocenters. The van der Waals surface area contributed by atoms with Crippen molar-refractivity contribution >= 4 is 5.97 Å². The molecule has 1 N–H and O–H groups in total. The van der Waals surface area contributed by atoms with Gasteiger partial charge in [-0.3, -0.25) is 4.79 Å². The maximum absolute atomic E-state index is 11.6. The molecule has 0 aromatic carbocycles. The highest BCUT2D eigenvalue weighted by atomic mass is 16.5. The Morgan fingerprint density at radius 2 is 2.07 bits per heavy atom. The lowest BCUT2D eigenvalue weighted by Gasteiger charge is -2.18. The molecule has 0 aliphatic heterocycles. The largest absolute Gasteiger partial charge is 0.465 e. The quantitative estimate of drug-likeness (QED) is 0.611. The van der Waals surface area contributed by atoms with E-state index in [1.165, 1.54) is 0 Å². The SMILES string of the molecule is CCCNC(CCN(C)C)C(=O)OCC. The Hall–Kier alpha value is -0.610. The molecule has 4 heteroatoms. The summed E-state index contributed by atoms with van der Waals surface area (Å²) >= 11 is 0. The third-order valence-electron chi connectivity index (χ3n) is 2.08. The van der Waals surface area contributed by atoms with Crippen molar-refractivity contribution in [2.45, 2.75) is 32.7 Å². The monoisotopic (exact) mass is 216 g/mol. The van der Waals surface area contributed by atoms with E-state index in [2.05, 4.69) is 17.1 Å². The highest BCUT2D eigenvalue weighted by Crippen LogP contribution is 1.97. The van der Waals surface area contributed by atoms with Gasteiger partial charge >= 0.3 is 5.97 Å². The minimum atomic E-state index is -0.160. The van der Waals surface area contributed by atoms with Crippen molar-refractivity contribution < 1.29 is 9.53 Å². The van der Waals surface area contributed by atoms with Crippen molar-refractivity contribution in [3.05, 3.63) is 0 Å². The van der Waals surface area contributed by atoms with Crippen LogP contribution < -0.4 is 5.32 Å². The summed E-state index contributed by atoms with van der Waals surface area (Å²) in [6.45, 7) is 6.12. The number of nitrogens with zero attached hydrogens (tertiary/aromatic N) is 1. The summed E-state index contributed by atoms with van der Waals surface area (Å²) in [4.78, 5) is 13.6. The van der Waals surface area contributed by atoms with Crippen LogP contribution in [-0.2, 0) is 9.53 Å². The van der Waals surface area contributed by atoms with E-state index in [1.54, 1.807) is 0 Å². The minimum absolute atomic E-state index is 0.132. The minimum Gasteiger partial charge on any atom is -0.465 e. The predicted molar refractivity (Wildman–Crippen MR) is 61.9 cm³/mol. The Morgan fingerprint density at radius 1 is 1.40 bits per heavy atom. The zero-order valence-corrected chi connectivity index (χ0v) is 10.4. The fraction of sp³-hybridized carbons (Fsp3) is 0.909. The summed E-state index contributed by atoms with van der Waals surface area (Å²) in [5, 5.41) is 3.21. The summed E-state index contributed by atoms with van der Waals surface area (Å²) in [7, 11) is 4.00. The number of esters is 1. The zero-order valence-electron chi connectivity index (χ0n) is 10.4. The molecule has 0 heterocycles. The molecule has 15 heavy (non-hydrogen) atoms. The van der Waals surface area contributed by atoms with Crippen LogP contribution in [0.25, 0.3) is 0 Å². The van der Waals surface area contributed by atoms with Gasteiger partial charge in [0.25, 0.3) is 0 Å². The number of carbonyl (C=O) groups is 1. The van der Waals surface area contributed by atoms with Crippen molar-refractivity contribution in [2.75, 3.05) is 33.8 Å². The van der Waals surface area contributed by atoms with E-state index in [1.807, 2.05) is 21.0 Å². The number of rotatable bonds is 8. The van der Waals surface area contributed by atoms with E-state index in [9.17, 15) is 4.79 Å². The van der Waals surface area contributed by atoms with Gasteiger partial charge in [0.2, 0.25) is 0 Å². The van der Waals surface area contributed by atoms with Crippen LogP contribution in [0.1, 0.15) is 26.7 Å². The van der Waals surface area contributed by atoms with Crippen LogP contribution in [0.3, 0.4) is 0 Å². The lowest BCUT2D eigenvalue weighted by Crippen LogP contribution is -2.40. The summed E-state index contributed by atoms with van der Waals surface area (Å²) in [5.41, 5.74) is 0. The summed E-state index contributed by atoms with van der Waals surface area (Å²) in [6, 6.07) is -0.160. The van der Waals surface area contributed by atoms with Crippen molar-refractivity contribution in [3.8, 4) is 0 Å². The van der Waals surface area contributed by atoms with E-state index < -0.39 is 0 Å². The number of carbonyl (C=O) groups excluding carboxylic acids is 1. The molecule has 0 aromatic rings. The first-order chi connectivity index (χ1) is 7.11. The molecule has 90 valence electrons. The second-order valence-electron chi connectivity index (χ2n) is 3.85. The molecule has 1 unspecified atom stereocenters. The third-order valence-corrected chi connectivity index (χ3v) is 2.08. The molecule has 0 aliphatic rings. The van der Waals surface area contributed by atoms with E-state index in [4.69, 9.17) is 4.74 Å². The van der Waals surface area contributed by atoms with E-state index >= 15 is 0 Å². The smallest absolute Gasteiger partial charge is 0.323 e. The number of hydrogen-bond acceptors (Lipinski definition) is 4. The Morgan fingerprint density at radius 3 is 2.53 bits per heavy atom. The van der Waals surface area contributed by atoms with Crippen molar-refractivity contribution in [1.29, 1.82) is 0 Å². The fourth-order valence-electron chi connectivity index (χ4n) is 1.25. The second-order valence-corrected chi connectivity index (χ2v) is 3.85. The molecule has 0 bridgehead atoms. The molecule has 0 radical (unpaired) electrons. The van der Waals surface area contributed by atoms with Gasteiger partial charge in [-0.1, -0.05) is 6.92 Å². The Balaban J connectivity index is 3.98. The van der Waals surface area contributed by atoms with Gasteiger partial charge in [-0.15, -0.1) is 0 Å². The molecule has 0 saturated carbocycles. The average molecular weight is 216 g/mol. The number of ether oxygens (including phenoxy) is 1. The molecule has 4 nitrogen and oxygen atoms in total.